The van der Waals surface area contributed by atoms with Gasteiger partial charge in [0.25, 0.3) is 5.69 Å². The van der Waals surface area contributed by atoms with Gasteiger partial charge in [-0.1, -0.05) is 6.08 Å². The number of carbonyl (C=O) groups is 1. The summed E-state index contributed by atoms with van der Waals surface area (Å²) in [4.78, 5) is 20.6. The van der Waals surface area contributed by atoms with Crippen molar-refractivity contribution in [3.05, 3.63) is 46.0 Å². The number of aliphatic carboxylic acids is 1. The first-order valence-corrected chi connectivity index (χ1v) is 5.37. The van der Waals surface area contributed by atoms with Crippen molar-refractivity contribution >= 4 is 11.7 Å². The number of nitro groups is 1. The van der Waals surface area contributed by atoms with Crippen LogP contribution in [-0.2, 0) is 11.2 Å². The fourth-order valence-corrected chi connectivity index (χ4v) is 1.86. The van der Waals surface area contributed by atoms with Crippen molar-refractivity contribution in [2.75, 3.05) is 6.61 Å². The summed E-state index contributed by atoms with van der Waals surface area (Å²) in [5, 5.41) is 19.2. The highest BCUT2D eigenvalue weighted by Crippen LogP contribution is 2.30. The van der Waals surface area contributed by atoms with Crippen molar-refractivity contribution in [3.63, 3.8) is 0 Å². The molecular formula is C12H11NO5. The molecule has 0 amide bonds. The molecule has 0 aromatic heterocycles. The molecule has 0 spiro atoms. The number of carboxylic acids is 1. The Morgan fingerprint density at radius 2 is 2.33 bits per heavy atom. The van der Waals surface area contributed by atoms with Crippen LogP contribution < -0.4 is 4.74 Å². The number of rotatable bonds is 3. The molecule has 1 atom stereocenters. The van der Waals surface area contributed by atoms with E-state index in [2.05, 4.69) is 0 Å². The number of nitrogens with zero attached hydrogens (tertiary/aromatic N) is 1. The highest BCUT2D eigenvalue weighted by Gasteiger charge is 2.20. The number of ether oxygens (including phenoxy) is 1. The first-order valence-electron chi connectivity index (χ1n) is 5.37. The van der Waals surface area contributed by atoms with Crippen molar-refractivity contribution in [1.82, 2.24) is 0 Å². The number of hydrogen-bond acceptors (Lipinski definition) is 4. The molecule has 0 saturated heterocycles. The minimum Gasteiger partial charge on any atom is -0.493 e. The maximum absolute atomic E-state index is 10.7. The Kier molecular flexibility index (Phi) is 3.27. The molecule has 94 valence electrons. The maximum atomic E-state index is 10.7. The second-order valence-electron chi connectivity index (χ2n) is 4.02. The average molecular weight is 249 g/mol. The third-order valence-corrected chi connectivity index (χ3v) is 2.70. The molecular weight excluding hydrogens is 238 g/mol. The first-order chi connectivity index (χ1) is 8.56. The number of fused-ring (bicyclic) bond motifs is 1. The second-order valence-corrected chi connectivity index (χ2v) is 4.02. The summed E-state index contributed by atoms with van der Waals surface area (Å²) in [7, 11) is 0. The van der Waals surface area contributed by atoms with Crippen molar-refractivity contribution in [2.24, 2.45) is 5.92 Å². The maximum Gasteiger partial charge on any atom is 0.327 e. The van der Waals surface area contributed by atoms with E-state index in [4.69, 9.17) is 9.84 Å². The van der Waals surface area contributed by atoms with Gasteiger partial charge in [0.2, 0.25) is 0 Å². The third-order valence-electron chi connectivity index (χ3n) is 2.70. The van der Waals surface area contributed by atoms with Gasteiger partial charge in [-0.2, -0.15) is 0 Å². The Balaban J connectivity index is 2.19. The normalized spacial score (nSPS) is 18.1. The molecule has 0 saturated carbocycles. The number of carboxylic acid groups (broad SMARTS) is 1. The number of non-ortho nitro benzene ring substituents is 1. The van der Waals surface area contributed by atoms with Gasteiger partial charge >= 0.3 is 5.97 Å². The van der Waals surface area contributed by atoms with Gasteiger partial charge in [0.1, 0.15) is 5.75 Å². The molecule has 6 nitrogen and oxygen atoms in total. The van der Waals surface area contributed by atoms with E-state index in [0.717, 1.165) is 11.6 Å². The summed E-state index contributed by atoms with van der Waals surface area (Å²) in [5.41, 5.74) is 0.746. The second kappa shape index (κ2) is 4.87. The van der Waals surface area contributed by atoms with Crippen LogP contribution in [0.25, 0.3) is 0 Å². The van der Waals surface area contributed by atoms with Crippen LogP contribution in [0.3, 0.4) is 0 Å². The lowest BCUT2D eigenvalue weighted by Crippen LogP contribution is -2.19. The summed E-state index contributed by atoms with van der Waals surface area (Å²) in [6, 6.07) is 4.44. The van der Waals surface area contributed by atoms with Crippen molar-refractivity contribution < 1.29 is 19.6 Å². The Morgan fingerprint density at radius 1 is 1.56 bits per heavy atom. The smallest absolute Gasteiger partial charge is 0.327 e. The van der Waals surface area contributed by atoms with E-state index in [0.29, 0.717) is 18.8 Å². The van der Waals surface area contributed by atoms with Gasteiger partial charge in [0, 0.05) is 29.7 Å². The van der Waals surface area contributed by atoms with Crippen LogP contribution in [0.15, 0.2) is 30.4 Å². The van der Waals surface area contributed by atoms with Crippen LogP contribution in [0.4, 0.5) is 5.69 Å². The molecule has 1 heterocycles. The molecule has 1 aliphatic rings. The highest BCUT2D eigenvalue weighted by molar-refractivity contribution is 5.79. The van der Waals surface area contributed by atoms with Crippen LogP contribution >= 0.6 is 0 Å². The number of nitro benzene ring substituents is 1. The zero-order valence-electron chi connectivity index (χ0n) is 9.41. The van der Waals surface area contributed by atoms with E-state index in [9.17, 15) is 14.9 Å². The summed E-state index contributed by atoms with van der Waals surface area (Å²) >= 11 is 0. The predicted octanol–water partition coefficient (Wildman–Crippen LogP) is 1.79. The Morgan fingerprint density at radius 3 is 3.00 bits per heavy atom. The molecule has 1 aromatic rings. The summed E-state index contributed by atoms with van der Waals surface area (Å²) < 4.78 is 5.44. The molecule has 0 aliphatic carbocycles. The van der Waals surface area contributed by atoms with E-state index < -0.39 is 10.9 Å². The van der Waals surface area contributed by atoms with Crippen LogP contribution in [-0.4, -0.2) is 22.6 Å². The summed E-state index contributed by atoms with van der Waals surface area (Å²) in [6.45, 7) is 0.384. The monoisotopic (exact) mass is 249 g/mol. The molecule has 1 N–H and O–H groups in total. The van der Waals surface area contributed by atoms with E-state index >= 15 is 0 Å². The third kappa shape index (κ3) is 2.65. The van der Waals surface area contributed by atoms with Gasteiger partial charge in [-0.3, -0.25) is 10.1 Å². The molecule has 1 aliphatic heterocycles. The van der Waals surface area contributed by atoms with Gasteiger partial charge < -0.3 is 9.84 Å². The van der Waals surface area contributed by atoms with Crippen LogP contribution in [0.5, 0.6) is 5.75 Å². The first kappa shape index (κ1) is 12.1. The Labute approximate surface area is 103 Å². The Hall–Kier alpha value is -2.37. The largest absolute Gasteiger partial charge is 0.493 e. The fourth-order valence-electron chi connectivity index (χ4n) is 1.86. The minimum absolute atomic E-state index is 0.0141. The minimum atomic E-state index is -1.01. The lowest BCUT2D eigenvalue weighted by Gasteiger charge is -2.22. The molecule has 18 heavy (non-hydrogen) atoms. The van der Waals surface area contributed by atoms with Crippen molar-refractivity contribution in [3.8, 4) is 5.75 Å². The van der Waals surface area contributed by atoms with E-state index in [1.54, 1.807) is 12.1 Å². The SMILES string of the molecule is O=C(O)/C=C/C1COc2ccc([N+](=O)[O-])cc2C1. The molecule has 1 aromatic carbocycles. The lowest BCUT2D eigenvalue weighted by molar-refractivity contribution is -0.385. The van der Waals surface area contributed by atoms with Gasteiger partial charge in [0.15, 0.2) is 0 Å². The zero-order chi connectivity index (χ0) is 13.1. The van der Waals surface area contributed by atoms with Gasteiger partial charge in [-0.05, 0) is 12.5 Å². The Bertz CT molecular complexity index is 523. The molecule has 2 rings (SSSR count). The fraction of sp³-hybridized carbons (Fsp3) is 0.250. The van der Waals surface area contributed by atoms with Crippen LogP contribution in [0.1, 0.15) is 5.56 Å². The molecule has 0 fully saturated rings. The van der Waals surface area contributed by atoms with Crippen LogP contribution in [0.2, 0.25) is 0 Å². The molecule has 1 unspecified atom stereocenters. The standard InChI is InChI=1S/C12H11NO5/c14-12(15)4-1-8-5-9-6-10(13(16)17)2-3-11(9)18-7-8/h1-4,6,8H,5,7H2,(H,14,15)/b4-1+. The predicted molar refractivity (Wildman–Crippen MR) is 62.6 cm³/mol. The number of benzene rings is 1. The van der Waals surface area contributed by atoms with E-state index in [-0.39, 0.29) is 11.6 Å². The zero-order valence-corrected chi connectivity index (χ0v) is 9.41. The quantitative estimate of drug-likeness (QED) is 0.501. The van der Waals surface area contributed by atoms with E-state index in [1.807, 2.05) is 0 Å². The van der Waals surface area contributed by atoms with Gasteiger partial charge in [0.05, 0.1) is 11.5 Å². The topological polar surface area (TPSA) is 89.7 Å². The molecule has 0 radical (unpaired) electrons. The van der Waals surface area contributed by atoms with E-state index in [1.165, 1.54) is 12.1 Å². The molecule has 6 heteroatoms. The van der Waals surface area contributed by atoms with Crippen molar-refractivity contribution in [1.29, 1.82) is 0 Å². The number of hydrogen-bond donors (Lipinski definition) is 1. The van der Waals surface area contributed by atoms with Crippen molar-refractivity contribution in [2.45, 2.75) is 6.42 Å². The van der Waals surface area contributed by atoms with Gasteiger partial charge in [-0.25, -0.2) is 4.79 Å². The lowest BCUT2D eigenvalue weighted by atomic mass is 9.96. The summed E-state index contributed by atoms with van der Waals surface area (Å²) in [6.07, 6.45) is 3.15. The van der Waals surface area contributed by atoms with Gasteiger partial charge in [-0.15, -0.1) is 0 Å². The average Bonchev–Trinajstić information content (AvgIpc) is 2.35. The molecule has 0 bridgehead atoms. The summed E-state index contributed by atoms with van der Waals surface area (Å²) in [5.74, 6) is -0.462. The highest BCUT2D eigenvalue weighted by atomic mass is 16.6. The van der Waals surface area contributed by atoms with Crippen LogP contribution in [0, 0.1) is 16.0 Å².